The lowest BCUT2D eigenvalue weighted by atomic mass is 10.1. The molecule has 1 aromatic heterocycles. The number of amides is 1. The molecule has 0 saturated carbocycles. The third-order valence-electron chi connectivity index (χ3n) is 3.48. The minimum absolute atomic E-state index is 0.160. The zero-order chi connectivity index (χ0) is 16.9. The molecule has 0 aliphatic carbocycles. The van der Waals surface area contributed by atoms with Crippen molar-refractivity contribution >= 4 is 5.91 Å². The number of aromatic nitrogens is 1. The molecule has 23 heavy (non-hydrogen) atoms. The lowest BCUT2D eigenvalue weighted by molar-refractivity contribution is -0.141. The van der Waals surface area contributed by atoms with Crippen molar-refractivity contribution in [3.8, 4) is 0 Å². The number of alkyl halides is 3. The molecule has 0 aliphatic heterocycles. The summed E-state index contributed by atoms with van der Waals surface area (Å²) >= 11 is 0. The number of carbonyl (C=O) groups excluding carboxylic acids is 1. The van der Waals surface area contributed by atoms with Crippen LogP contribution in [0.5, 0.6) is 0 Å². The number of benzene rings is 1. The van der Waals surface area contributed by atoms with E-state index in [9.17, 15) is 18.0 Å². The van der Waals surface area contributed by atoms with Crippen LogP contribution in [0.4, 0.5) is 13.2 Å². The average molecular weight is 322 g/mol. The fourth-order valence-corrected chi connectivity index (χ4v) is 2.18. The normalized spacial score (nSPS) is 11.3. The highest BCUT2D eigenvalue weighted by molar-refractivity contribution is 5.93. The van der Waals surface area contributed by atoms with Crippen molar-refractivity contribution in [2.75, 3.05) is 13.1 Å². The van der Waals surface area contributed by atoms with E-state index in [4.69, 9.17) is 0 Å². The van der Waals surface area contributed by atoms with Crippen LogP contribution in [0.2, 0.25) is 0 Å². The van der Waals surface area contributed by atoms with Crippen molar-refractivity contribution in [3.63, 3.8) is 0 Å². The van der Waals surface area contributed by atoms with E-state index in [1.54, 1.807) is 4.90 Å². The van der Waals surface area contributed by atoms with Gasteiger partial charge in [-0.3, -0.25) is 9.78 Å². The number of pyridine rings is 1. The Morgan fingerprint density at radius 3 is 2.35 bits per heavy atom. The van der Waals surface area contributed by atoms with Crippen molar-refractivity contribution in [2.24, 2.45) is 0 Å². The zero-order valence-corrected chi connectivity index (χ0v) is 12.7. The topological polar surface area (TPSA) is 33.2 Å². The smallest absolute Gasteiger partial charge is 0.339 e. The summed E-state index contributed by atoms with van der Waals surface area (Å²) in [6.07, 6.45) is -2.83. The third kappa shape index (κ3) is 4.55. The third-order valence-corrected chi connectivity index (χ3v) is 3.48. The van der Waals surface area contributed by atoms with Gasteiger partial charge in [0, 0.05) is 19.3 Å². The molecule has 0 saturated heterocycles. The largest absolute Gasteiger partial charge is 0.433 e. The van der Waals surface area contributed by atoms with Gasteiger partial charge in [-0.05, 0) is 31.0 Å². The van der Waals surface area contributed by atoms with E-state index in [0.717, 1.165) is 17.8 Å². The van der Waals surface area contributed by atoms with E-state index in [-0.39, 0.29) is 11.5 Å². The molecule has 1 aromatic carbocycles. The quantitative estimate of drug-likeness (QED) is 0.839. The summed E-state index contributed by atoms with van der Waals surface area (Å²) in [4.78, 5) is 17.3. The molecule has 122 valence electrons. The molecule has 3 nitrogen and oxygen atoms in total. The Hall–Kier alpha value is -2.37. The Balaban J connectivity index is 2.04. The molecular weight excluding hydrogens is 305 g/mol. The van der Waals surface area contributed by atoms with Crippen LogP contribution >= 0.6 is 0 Å². The predicted molar refractivity (Wildman–Crippen MR) is 81.0 cm³/mol. The molecule has 0 fully saturated rings. The van der Waals surface area contributed by atoms with Crippen molar-refractivity contribution in [2.45, 2.75) is 19.5 Å². The van der Waals surface area contributed by atoms with Crippen LogP contribution in [0.1, 0.15) is 28.5 Å². The van der Waals surface area contributed by atoms with Crippen LogP contribution in [0.15, 0.2) is 48.7 Å². The van der Waals surface area contributed by atoms with Crippen LogP contribution in [0, 0.1) is 0 Å². The Labute approximate surface area is 132 Å². The Kier molecular flexibility index (Phi) is 5.36. The summed E-state index contributed by atoms with van der Waals surface area (Å²) in [5, 5.41) is 0. The number of likely N-dealkylation sites (N-methyl/N-ethyl adjacent to an activating group) is 1. The first-order chi connectivity index (χ1) is 10.9. The van der Waals surface area contributed by atoms with Crippen molar-refractivity contribution < 1.29 is 18.0 Å². The summed E-state index contributed by atoms with van der Waals surface area (Å²) in [6.45, 7) is 2.81. The second-order valence-corrected chi connectivity index (χ2v) is 5.05. The minimum Gasteiger partial charge on any atom is -0.339 e. The lowest BCUT2D eigenvalue weighted by Crippen LogP contribution is -2.32. The van der Waals surface area contributed by atoms with E-state index < -0.39 is 11.9 Å². The first-order valence-corrected chi connectivity index (χ1v) is 7.28. The number of hydrogen-bond acceptors (Lipinski definition) is 2. The number of halogens is 3. The maximum Gasteiger partial charge on any atom is 0.433 e. The average Bonchev–Trinajstić information content (AvgIpc) is 2.55. The highest BCUT2D eigenvalue weighted by Crippen LogP contribution is 2.27. The first-order valence-electron chi connectivity index (χ1n) is 7.28. The molecule has 0 bridgehead atoms. The molecule has 0 spiro atoms. The molecule has 1 heterocycles. The maximum atomic E-state index is 12.5. The van der Waals surface area contributed by atoms with Gasteiger partial charge in [0.15, 0.2) is 0 Å². The fraction of sp³-hybridized carbons (Fsp3) is 0.294. The van der Waals surface area contributed by atoms with Gasteiger partial charge in [-0.15, -0.1) is 0 Å². The summed E-state index contributed by atoms with van der Waals surface area (Å²) < 4.78 is 37.5. The minimum atomic E-state index is -4.50. The van der Waals surface area contributed by atoms with Gasteiger partial charge in [0.05, 0.1) is 5.56 Å². The van der Waals surface area contributed by atoms with E-state index in [1.807, 2.05) is 37.3 Å². The predicted octanol–water partition coefficient (Wildman–Crippen LogP) is 3.81. The van der Waals surface area contributed by atoms with E-state index in [1.165, 1.54) is 6.07 Å². The molecule has 2 aromatic rings. The van der Waals surface area contributed by atoms with Gasteiger partial charge in [0.25, 0.3) is 5.91 Å². The molecule has 6 heteroatoms. The van der Waals surface area contributed by atoms with Crippen molar-refractivity contribution in [1.82, 2.24) is 9.88 Å². The van der Waals surface area contributed by atoms with Gasteiger partial charge >= 0.3 is 6.18 Å². The molecule has 2 rings (SSSR count). The summed E-state index contributed by atoms with van der Waals surface area (Å²) in [6, 6.07) is 11.7. The van der Waals surface area contributed by atoms with Gasteiger partial charge in [-0.25, -0.2) is 0 Å². The fourth-order valence-electron chi connectivity index (χ4n) is 2.18. The Morgan fingerprint density at radius 2 is 1.83 bits per heavy atom. The molecule has 0 unspecified atom stereocenters. The standard InChI is InChI=1S/C17H17F3N2O/c1-2-22(11-10-13-6-4-3-5-7-13)16(23)14-8-9-15(21-12-14)17(18,19)20/h3-9,12H,2,10-11H2,1H3. The first kappa shape index (κ1) is 17.0. The summed E-state index contributed by atoms with van der Waals surface area (Å²) in [7, 11) is 0. The Morgan fingerprint density at radius 1 is 1.13 bits per heavy atom. The van der Waals surface area contributed by atoms with Gasteiger partial charge in [0.2, 0.25) is 0 Å². The molecule has 1 amide bonds. The lowest BCUT2D eigenvalue weighted by Gasteiger charge is -2.21. The number of hydrogen-bond donors (Lipinski definition) is 0. The molecular formula is C17H17F3N2O. The van der Waals surface area contributed by atoms with Gasteiger partial charge in [-0.2, -0.15) is 13.2 Å². The molecule has 0 radical (unpaired) electrons. The second kappa shape index (κ2) is 7.26. The zero-order valence-electron chi connectivity index (χ0n) is 12.7. The van der Waals surface area contributed by atoms with Crippen LogP contribution in [0.25, 0.3) is 0 Å². The highest BCUT2D eigenvalue weighted by Gasteiger charge is 2.32. The molecule has 0 aliphatic rings. The maximum absolute atomic E-state index is 12.5. The molecule has 0 N–H and O–H groups in total. The van der Waals surface area contributed by atoms with Gasteiger partial charge < -0.3 is 4.90 Å². The SMILES string of the molecule is CCN(CCc1ccccc1)C(=O)c1ccc(C(F)(F)F)nc1. The van der Waals surface area contributed by atoms with Gasteiger partial charge in [-0.1, -0.05) is 30.3 Å². The Bertz CT molecular complexity index is 639. The monoisotopic (exact) mass is 322 g/mol. The van der Waals surface area contributed by atoms with Crippen LogP contribution < -0.4 is 0 Å². The number of rotatable bonds is 5. The van der Waals surface area contributed by atoms with Crippen molar-refractivity contribution in [1.29, 1.82) is 0 Å². The highest BCUT2D eigenvalue weighted by atomic mass is 19.4. The van der Waals surface area contributed by atoms with Crippen LogP contribution in [-0.2, 0) is 12.6 Å². The van der Waals surface area contributed by atoms with Gasteiger partial charge in [0.1, 0.15) is 5.69 Å². The summed E-state index contributed by atoms with van der Waals surface area (Å²) in [5.74, 6) is -0.315. The molecule has 0 atom stereocenters. The van der Waals surface area contributed by atoms with E-state index in [0.29, 0.717) is 19.5 Å². The van der Waals surface area contributed by atoms with E-state index >= 15 is 0 Å². The summed E-state index contributed by atoms with van der Waals surface area (Å²) in [5.41, 5.74) is 0.263. The number of carbonyl (C=O) groups is 1. The van der Waals surface area contributed by atoms with E-state index in [2.05, 4.69) is 4.98 Å². The van der Waals surface area contributed by atoms with Crippen LogP contribution in [-0.4, -0.2) is 28.9 Å². The number of nitrogens with zero attached hydrogens (tertiary/aromatic N) is 2. The second-order valence-electron chi connectivity index (χ2n) is 5.05. The van der Waals surface area contributed by atoms with Crippen LogP contribution in [0.3, 0.4) is 0 Å². The van der Waals surface area contributed by atoms with Crippen molar-refractivity contribution in [3.05, 3.63) is 65.5 Å².